The Balaban J connectivity index is 1.60. The maximum absolute atomic E-state index is 12.8. The lowest BCUT2D eigenvalue weighted by molar-refractivity contribution is 0.0675. The molecule has 1 saturated heterocycles. The van der Waals surface area contributed by atoms with Crippen molar-refractivity contribution in [1.82, 2.24) is 24.6 Å². The summed E-state index contributed by atoms with van der Waals surface area (Å²) < 4.78 is 1.95. The lowest BCUT2D eigenvalue weighted by atomic mass is 10.0. The topological polar surface area (TPSA) is 66.8 Å². The number of fused-ring (bicyclic) bond motifs is 1. The van der Waals surface area contributed by atoms with E-state index in [1.165, 1.54) is 0 Å². The SMILES string of the molecule is O=C(c1c[nH]c2ncccc12)N1CCC[C@H](n2cccn2)C1. The van der Waals surface area contributed by atoms with E-state index in [2.05, 4.69) is 15.1 Å². The van der Waals surface area contributed by atoms with Crippen molar-refractivity contribution in [3.05, 3.63) is 48.5 Å². The largest absolute Gasteiger partial charge is 0.345 e. The Kier molecular flexibility index (Phi) is 3.14. The maximum Gasteiger partial charge on any atom is 0.256 e. The van der Waals surface area contributed by atoms with Crippen LogP contribution in [-0.4, -0.2) is 43.6 Å². The van der Waals surface area contributed by atoms with Crippen molar-refractivity contribution < 1.29 is 4.79 Å². The molecular weight excluding hydrogens is 278 g/mol. The number of nitrogens with one attached hydrogen (secondary N) is 1. The van der Waals surface area contributed by atoms with Crippen LogP contribution in [0.15, 0.2) is 43.0 Å². The zero-order chi connectivity index (χ0) is 14.9. The van der Waals surface area contributed by atoms with Gasteiger partial charge in [0, 0.05) is 43.3 Å². The number of carbonyl (C=O) groups is 1. The van der Waals surface area contributed by atoms with Crippen molar-refractivity contribution in [1.29, 1.82) is 0 Å². The molecule has 22 heavy (non-hydrogen) atoms. The fraction of sp³-hybridized carbons (Fsp3) is 0.312. The monoisotopic (exact) mass is 295 g/mol. The number of hydrogen-bond acceptors (Lipinski definition) is 3. The minimum absolute atomic E-state index is 0.0658. The first-order chi connectivity index (χ1) is 10.8. The molecule has 1 amide bonds. The van der Waals surface area contributed by atoms with Crippen LogP contribution in [0.5, 0.6) is 0 Å². The normalized spacial score (nSPS) is 18.7. The second-order valence-electron chi connectivity index (χ2n) is 5.64. The Hall–Kier alpha value is -2.63. The lowest BCUT2D eigenvalue weighted by Crippen LogP contribution is -2.40. The number of nitrogens with zero attached hydrogens (tertiary/aromatic N) is 4. The molecule has 112 valence electrons. The Morgan fingerprint density at radius 1 is 1.32 bits per heavy atom. The molecule has 1 fully saturated rings. The summed E-state index contributed by atoms with van der Waals surface area (Å²) in [7, 11) is 0. The standard InChI is InChI=1S/C16H17N5O/c22-16(14-10-18-15-13(14)5-1-6-17-15)20-8-2-4-12(11-20)21-9-3-7-19-21/h1,3,5-7,9-10,12H,2,4,8,11H2,(H,17,18)/t12-/m0/s1. The lowest BCUT2D eigenvalue weighted by Gasteiger charge is -2.32. The summed E-state index contributed by atoms with van der Waals surface area (Å²) in [6, 6.07) is 5.97. The number of piperidine rings is 1. The number of carbonyl (C=O) groups excluding carboxylic acids is 1. The number of aromatic amines is 1. The fourth-order valence-electron chi connectivity index (χ4n) is 3.15. The first-order valence-electron chi connectivity index (χ1n) is 7.53. The molecule has 6 nitrogen and oxygen atoms in total. The Bertz CT molecular complexity index is 792. The van der Waals surface area contributed by atoms with Crippen LogP contribution in [-0.2, 0) is 0 Å². The van der Waals surface area contributed by atoms with Gasteiger partial charge in [-0.1, -0.05) is 0 Å². The predicted molar refractivity (Wildman–Crippen MR) is 82.5 cm³/mol. The zero-order valence-electron chi connectivity index (χ0n) is 12.1. The highest BCUT2D eigenvalue weighted by Gasteiger charge is 2.27. The number of amides is 1. The highest BCUT2D eigenvalue weighted by atomic mass is 16.2. The van der Waals surface area contributed by atoms with E-state index in [1.807, 2.05) is 34.0 Å². The van der Waals surface area contributed by atoms with Crippen molar-refractivity contribution in [2.75, 3.05) is 13.1 Å². The van der Waals surface area contributed by atoms with Gasteiger partial charge >= 0.3 is 0 Å². The van der Waals surface area contributed by atoms with Gasteiger partial charge in [-0.05, 0) is 31.0 Å². The average Bonchev–Trinajstić information content (AvgIpc) is 3.24. The predicted octanol–water partition coefficient (Wildman–Crippen LogP) is 2.24. The molecule has 1 N–H and O–H groups in total. The van der Waals surface area contributed by atoms with Gasteiger partial charge in [-0.15, -0.1) is 0 Å². The number of pyridine rings is 1. The number of rotatable bonds is 2. The Morgan fingerprint density at radius 3 is 3.14 bits per heavy atom. The van der Waals surface area contributed by atoms with Crippen molar-refractivity contribution in [3.63, 3.8) is 0 Å². The number of hydrogen-bond donors (Lipinski definition) is 1. The summed E-state index contributed by atoms with van der Waals surface area (Å²) in [5.74, 6) is 0.0658. The molecule has 3 aromatic heterocycles. The quantitative estimate of drug-likeness (QED) is 0.788. The van der Waals surface area contributed by atoms with E-state index in [4.69, 9.17) is 0 Å². The highest BCUT2D eigenvalue weighted by molar-refractivity contribution is 6.05. The van der Waals surface area contributed by atoms with Crippen LogP contribution in [0.25, 0.3) is 11.0 Å². The molecule has 0 unspecified atom stereocenters. The van der Waals surface area contributed by atoms with E-state index in [-0.39, 0.29) is 11.9 Å². The summed E-state index contributed by atoms with van der Waals surface area (Å²) in [5, 5.41) is 5.19. The highest BCUT2D eigenvalue weighted by Crippen LogP contribution is 2.24. The van der Waals surface area contributed by atoms with E-state index in [0.29, 0.717) is 12.1 Å². The molecule has 3 aromatic rings. The van der Waals surface area contributed by atoms with E-state index >= 15 is 0 Å². The van der Waals surface area contributed by atoms with Crippen molar-refractivity contribution in [2.24, 2.45) is 0 Å². The van der Waals surface area contributed by atoms with Crippen LogP contribution >= 0.6 is 0 Å². The van der Waals surface area contributed by atoms with Gasteiger partial charge in [-0.3, -0.25) is 9.48 Å². The molecule has 1 atom stereocenters. The molecule has 4 heterocycles. The molecule has 0 spiro atoms. The summed E-state index contributed by atoms with van der Waals surface area (Å²) in [6.45, 7) is 1.50. The first kappa shape index (κ1) is 13.1. The Labute approximate surface area is 127 Å². The third-order valence-electron chi connectivity index (χ3n) is 4.26. The molecular formula is C16H17N5O. The Morgan fingerprint density at radius 2 is 2.27 bits per heavy atom. The smallest absolute Gasteiger partial charge is 0.256 e. The zero-order valence-corrected chi connectivity index (χ0v) is 12.1. The second kappa shape index (κ2) is 5.29. The first-order valence-corrected chi connectivity index (χ1v) is 7.53. The van der Waals surface area contributed by atoms with E-state index in [0.717, 1.165) is 30.4 Å². The van der Waals surface area contributed by atoms with Gasteiger partial charge in [-0.2, -0.15) is 5.10 Å². The molecule has 0 bridgehead atoms. The van der Waals surface area contributed by atoms with Gasteiger partial charge in [0.05, 0.1) is 11.6 Å². The van der Waals surface area contributed by atoms with Gasteiger partial charge in [0.1, 0.15) is 5.65 Å². The van der Waals surface area contributed by atoms with Crippen LogP contribution in [0, 0.1) is 0 Å². The molecule has 4 rings (SSSR count). The van der Waals surface area contributed by atoms with E-state index in [9.17, 15) is 4.79 Å². The summed E-state index contributed by atoms with van der Waals surface area (Å²) >= 11 is 0. The molecule has 0 aromatic carbocycles. The molecule has 1 aliphatic heterocycles. The van der Waals surface area contributed by atoms with Gasteiger partial charge in [-0.25, -0.2) is 4.98 Å². The molecule has 0 aliphatic carbocycles. The molecule has 0 saturated carbocycles. The number of H-pyrrole nitrogens is 1. The third-order valence-corrected chi connectivity index (χ3v) is 4.26. The van der Waals surface area contributed by atoms with Crippen LogP contribution in [0.2, 0.25) is 0 Å². The summed E-state index contributed by atoms with van der Waals surface area (Å²) in [5.41, 5.74) is 1.45. The second-order valence-corrected chi connectivity index (χ2v) is 5.64. The van der Waals surface area contributed by atoms with Gasteiger partial charge < -0.3 is 9.88 Å². The van der Waals surface area contributed by atoms with Crippen LogP contribution < -0.4 is 0 Å². The van der Waals surface area contributed by atoms with Crippen LogP contribution in [0.3, 0.4) is 0 Å². The average molecular weight is 295 g/mol. The minimum atomic E-state index is 0.0658. The maximum atomic E-state index is 12.8. The van der Waals surface area contributed by atoms with Gasteiger partial charge in [0.25, 0.3) is 5.91 Å². The van der Waals surface area contributed by atoms with Crippen molar-refractivity contribution in [3.8, 4) is 0 Å². The number of aromatic nitrogens is 4. The molecule has 0 radical (unpaired) electrons. The minimum Gasteiger partial charge on any atom is -0.345 e. The summed E-state index contributed by atoms with van der Waals surface area (Å²) in [4.78, 5) is 22.1. The van der Waals surface area contributed by atoms with Crippen molar-refractivity contribution >= 4 is 16.9 Å². The molecule has 1 aliphatic rings. The summed E-state index contributed by atoms with van der Waals surface area (Å²) in [6.07, 6.45) is 9.29. The fourth-order valence-corrected chi connectivity index (χ4v) is 3.15. The van der Waals surface area contributed by atoms with Crippen LogP contribution in [0.4, 0.5) is 0 Å². The van der Waals surface area contributed by atoms with E-state index < -0.39 is 0 Å². The van der Waals surface area contributed by atoms with Gasteiger partial charge in [0.2, 0.25) is 0 Å². The van der Waals surface area contributed by atoms with Gasteiger partial charge in [0.15, 0.2) is 0 Å². The van der Waals surface area contributed by atoms with Crippen molar-refractivity contribution in [2.45, 2.75) is 18.9 Å². The van der Waals surface area contributed by atoms with Crippen LogP contribution in [0.1, 0.15) is 29.2 Å². The number of likely N-dealkylation sites (tertiary alicyclic amines) is 1. The third kappa shape index (κ3) is 2.16. The molecule has 6 heteroatoms. The van der Waals surface area contributed by atoms with E-state index in [1.54, 1.807) is 18.6 Å².